The number of hydrogen-bond acceptors (Lipinski definition) is 4. The van der Waals surface area contributed by atoms with Gasteiger partial charge in [-0.3, -0.25) is 0 Å². The van der Waals surface area contributed by atoms with Gasteiger partial charge in [-0.15, -0.1) is 11.8 Å². The van der Waals surface area contributed by atoms with Crippen LogP contribution in [0.4, 0.5) is 13.2 Å². The van der Waals surface area contributed by atoms with E-state index < -0.39 is 11.7 Å². The Kier molecular flexibility index (Phi) is 7.47. The van der Waals surface area contributed by atoms with Crippen molar-refractivity contribution in [1.82, 2.24) is 5.32 Å². The van der Waals surface area contributed by atoms with Gasteiger partial charge in [-0.05, 0) is 31.0 Å². The van der Waals surface area contributed by atoms with E-state index in [9.17, 15) is 13.2 Å². The van der Waals surface area contributed by atoms with Gasteiger partial charge < -0.3 is 15.8 Å². The van der Waals surface area contributed by atoms with Crippen molar-refractivity contribution in [2.75, 3.05) is 12.9 Å². The highest BCUT2D eigenvalue weighted by Crippen LogP contribution is 2.29. The second-order valence-electron chi connectivity index (χ2n) is 6.06. The largest absolute Gasteiger partial charge is 0.497 e. The van der Waals surface area contributed by atoms with Gasteiger partial charge in [-0.25, -0.2) is 0 Å². The maximum absolute atomic E-state index is 12.8. The number of hydrogen-bond donors (Lipinski definition) is 2. The summed E-state index contributed by atoms with van der Waals surface area (Å²) in [5.41, 5.74) is 7.91. The summed E-state index contributed by atoms with van der Waals surface area (Å²) in [4.78, 5) is 0. The Morgan fingerprint density at radius 3 is 2.74 bits per heavy atom. The van der Waals surface area contributed by atoms with Crippen LogP contribution in [0, 0.1) is 0 Å². The summed E-state index contributed by atoms with van der Waals surface area (Å²) >= 11 is 1.48. The molecule has 0 atom stereocenters. The van der Waals surface area contributed by atoms with Crippen molar-refractivity contribution >= 4 is 11.8 Å². The van der Waals surface area contributed by atoms with Gasteiger partial charge in [-0.2, -0.15) is 13.2 Å². The molecule has 146 valence electrons. The van der Waals surface area contributed by atoms with Crippen LogP contribution < -0.4 is 15.8 Å². The van der Waals surface area contributed by atoms with Crippen LogP contribution in [0.3, 0.4) is 0 Å². The monoisotopic (exact) mass is 396 g/mol. The van der Waals surface area contributed by atoms with Crippen molar-refractivity contribution < 1.29 is 17.9 Å². The third kappa shape index (κ3) is 6.75. The van der Waals surface area contributed by atoms with Gasteiger partial charge >= 0.3 is 6.18 Å². The fourth-order valence-electron chi connectivity index (χ4n) is 2.40. The molecule has 1 aromatic rings. The van der Waals surface area contributed by atoms with Crippen LogP contribution in [0.15, 0.2) is 70.4 Å². The first-order chi connectivity index (χ1) is 12.8. The molecule has 0 amide bonds. The summed E-state index contributed by atoms with van der Waals surface area (Å²) in [5.74, 6) is 1.33. The van der Waals surface area contributed by atoms with Crippen LogP contribution in [0.5, 0.6) is 5.75 Å². The summed E-state index contributed by atoms with van der Waals surface area (Å²) in [5, 5.41) is 4.11. The number of thioether (sulfide) groups is 1. The molecule has 0 unspecified atom stereocenters. The van der Waals surface area contributed by atoms with Crippen LogP contribution in [0.25, 0.3) is 0 Å². The lowest BCUT2D eigenvalue weighted by molar-refractivity contribution is -0.0881. The van der Waals surface area contributed by atoms with E-state index in [1.54, 1.807) is 26.2 Å². The van der Waals surface area contributed by atoms with Crippen LogP contribution in [-0.4, -0.2) is 19.0 Å². The maximum atomic E-state index is 12.8. The third-order valence-corrected chi connectivity index (χ3v) is 5.12. The van der Waals surface area contributed by atoms with E-state index in [0.717, 1.165) is 34.1 Å². The Bertz CT molecular complexity index is 776. The number of ether oxygens (including phenoxy) is 1. The van der Waals surface area contributed by atoms with Crippen LogP contribution in [0.2, 0.25) is 0 Å². The molecule has 0 aromatic heterocycles. The average molecular weight is 396 g/mol. The lowest BCUT2D eigenvalue weighted by Gasteiger charge is -2.14. The molecule has 0 bridgehead atoms. The number of nitrogens with one attached hydrogen (secondary N) is 1. The number of benzene rings is 1. The molecule has 27 heavy (non-hydrogen) atoms. The van der Waals surface area contributed by atoms with E-state index in [4.69, 9.17) is 10.5 Å². The van der Waals surface area contributed by atoms with Crippen molar-refractivity contribution in [3.8, 4) is 5.75 Å². The first-order valence-electron chi connectivity index (χ1n) is 8.39. The number of halogens is 3. The van der Waals surface area contributed by atoms with Crippen molar-refractivity contribution in [3.05, 3.63) is 76.0 Å². The minimum atomic E-state index is -4.33. The lowest BCUT2D eigenvalue weighted by atomic mass is 10.2. The minimum absolute atomic E-state index is 0.482. The molecule has 0 spiro atoms. The summed E-state index contributed by atoms with van der Waals surface area (Å²) < 4.78 is 43.6. The predicted molar refractivity (Wildman–Crippen MR) is 105 cm³/mol. The van der Waals surface area contributed by atoms with Crippen LogP contribution in [0.1, 0.15) is 18.9 Å². The van der Waals surface area contributed by atoms with Gasteiger partial charge in [0.15, 0.2) is 0 Å². The summed E-state index contributed by atoms with van der Waals surface area (Å²) in [6.45, 7) is 2.37. The Balaban J connectivity index is 1.97. The number of methoxy groups -OCH3 is 1. The predicted octanol–water partition coefficient (Wildman–Crippen LogP) is 5.04. The second-order valence-corrected chi connectivity index (χ2v) is 7.04. The first kappa shape index (κ1) is 21.0. The topological polar surface area (TPSA) is 47.3 Å². The molecule has 2 rings (SSSR count). The van der Waals surface area contributed by atoms with Crippen molar-refractivity contribution in [2.45, 2.75) is 26.1 Å². The van der Waals surface area contributed by atoms with Gasteiger partial charge in [0.1, 0.15) is 5.75 Å². The Hall–Kier alpha value is -2.28. The second kappa shape index (κ2) is 9.60. The molecule has 7 heteroatoms. The van der Waals surface area contributed by atoms with Crippen molar-refractivity contribution in [2.24, 2.45) is 5.73 Å². The molecule has 0 heterocycles. The van der Waals surface area contributed by atoms with Crippen LogP contribution >= 0.6 is 11.8 Å². The Labute approximate surface area is 161 Å². The minimum Gasteiger partial charge on any atom is -0.497 e. The van der Waals surface area contributed by atoms with Crippen molar-refractivity contribution in [1.29, 1.82) is 0 Å². The van der Waals surface area contributed by atoms with E-state index in [1.165, 1.54) is 11.8 Å². The van der Waals surface area contributed by atoms with E-state index in [0.29, 0.717) is 24.4 Å². The molecule has 0 radical (unpaired) electrons. The highest BCUT2D eigenvalue weighted by atomic mass is 32.2. The van der Waals surface area contributed by atoms with Gasteiger partial charge in [0.2, 0.25) is 0 Å². The van der Waals surface area contributed by atoms with Gasteiger partial charge in [0.05, 0.1) is 17.7 Å². The van der Waals surface area contributed by atoms with Gasteiger partial charge in [0, 0.05) is 18.0 Å². The molecule has 3 N–H and O–H groups in total. The van der Waals surface area contributed by atoms with Crippen molar-refractivity contribution in [3.63, 3.8) is 0 Å². The fraction of sp³-hybridized carbons (Fsp3) is 0.300. The van der Waals surface area contributed by atoms with Gasteiger partial charge in [0.25, 0.3) is 0 Å². The summed E-state index contributed by atoms with van der Waals surface area (Å²) in [7, 11) is 1.62. The average Bonchev–Trinajstić information content (AvgIpc) is 2.87. The Morgan fingerprint density at radius 2 is 2.07 bits per heavy atom. The smallest absolute Gasteiger partial charge is 0.416 e. The summed E-state index contributed by atoms with van der Waals surface area (Å²) in [6.07, 6.45) is 1.49. The molecule has 0 saturated heterocycles. The molecule has 0 saturated carbocycles. The SMILES string of the molecule is COc1cccc(CN/C(SCC2=CC=C(C(F)(F)F)C=CC2)=C(\C)N)c1. The number of rotatable bonds is 7. The molecule has 0 fully saturated rings. The fourth-order valence-corrected chi connectivity index (χ4v) is 3.34. The number of alkyl halides is 3. The zero-order valence-corrected chi connectivity index (χ0v) is 16.1. The van der Waals surface area contributed by atoms with E-state index in [1.807, 2.05) is 24.3 Å². The molecule has 1 aliphatic carbocycles. The number of nitrogens with two attached hydrogens (primary N) is 1. The standard InChI is InChI=1S/C20H23F3N2OS/c1-14(24)19(25-12-16-6-4-8-18(11-16)26-2)27-13-15-5-3-7-17(10-9-15)20(21,22)23/h3-4,6-11,25H,5,12-13,24H2,1-2H3/b19-14-. The molecular weight excluding hydrogens is 373 g/mol. The molecule has 1 aromatic carbocycles. The molecule has 1 aliphatic rings. The Morgan fingerprint density at radius 1 is 1.30 bits per heavy atom. The zero-order chi connectivity index (χ0) is 19.9. The quantitative estimate of drug-likeness (QED) is 0.678. The molecule has 3 nitrogen and oxygen atoms in total. The molecule has 0 aliphatic heterocycles. The third-order valence-electron chi connectivity index (χ3n) is 3.85. The molecular formula is C20H23F3N2OS. The highest BCUT2D eigenvalue weighted by molar-refractivity contribution is 8.03. The lowest BCUT2D eigenvalue weighted by Crippen LogP contribution is -2.15. The van der Waals surface area contributed by atoms with E-state index in [-0.39, 0.29) is 0 Å². The number of allylic oxidation sites excluding steroid dienone is 6. The first-order valence-corrected chi connectivity index (χ1v) is 9.37. The van der Waals surface area contributed by atoms with E-state index in [2.05, 4.69) is 5.32 Å². The van der Waals surface area contributed by atoms with Crippen LogP contribution in [-0.2, 0) is 6.54 Å². The summed E-state index contributed by atoms with van der Waals surface area (Å²) in [6, 6.07) is 7.70. The van der Waals surface area contributed by atoms with Gasteiger partial charge in [-0.1, -0.05) is 42.0 Å². The maximum Gasteiger partial charge on any atom is 0.416 e. The van der Waals surface area contributed by atoms with E-state index >= 15 is 0 Å². The highest BCUT2D eigenvalue weighted by Gasteiger charge is 2.31. The normalized spacial score (nSPS) is 15.4. The zero-order valence-electron chi connectivity index (χ0n) is 15.3.